The molecule has 0 saturated carbocycles. The quantitative estimate of drug-likeness (QED) is 0.355. The third-order valence-corrected chi connectivity index (χ3v) is 6.38. The van der Waals surface area contributed by atoms with Crippen LogP contribution in [0.15, 0.2) is 89.8 Å². The van der Waals surface area contributed by atoms with Gasteiger partial charge in [0, 0.05) is 5.56 Å². The molecule has 0 unspecified atom stereocenters. The van der Waals surface area contributed by atoms with Crippen molar-refractivity contribution in [3.63, 3.8) is 0 Å². The summed E-state index contributed by atoms with van der Waals surface area (Å²) in [7, 11) is -3.93. The van der Waals surface area contributed by atoms with Crippen molar-refractivity contribution >= 4 is 31.6 Å². The molecule has 5 nitrogen and oxygen atoms in total. The predicted molar refractivity (Wildman–Crippen MR) is 120 cm³/mol. The number of rotatable bonds is 3. The first-order chi connectivity index (χ1) is 15.6. The minimum Gasteiger partial charge on any atom is -0.233 e. The van der Waals surface area contributed by atoms with Gasteiger partial charge in [-0.15, -0.1) is 0 Å². The normalized spacial score (nSPS) is 12.5. The average Bonchev–Trinajstić information content (AvgIpc) is 3.24. The van der Waals surface area contributed by atoms with Gasteiger partial charge in [-0.2, -0.15) is 18.3 Å². The Morgan fingerprint density at radius 3 is 2.15 bits per heavy atom. The molecule has 4 aromatic carbocycles. The molecular formula is C24H16F3N3O2S. The second-order valence-electron chi connectivity index (χ2n) is 7.59. The highest BCUT2D eigenvalue weighted by Crippen LogP contribution is 2.35. The van der Waals surface area contributed by atoms with Gasteiger partial charge in [-0.1, -0.05) is 48.5 Å². The highest BCUT2D eigenvalue weighted by Gasteiger charge is 2.35. The predicted octanol–water partition coefficient (Wildman–Crippen LogP) is 5.51. The number of nitrogens with zero attached hydrogens (tertiary/aromatic N) is 2. The monoisotopic (exact) mass is 467 g/mol. The number of nitrogens with two attached hydrogens (primary N) is 1. The first kappa shape index (κ1) is 21.2. The van der Waals surface area contributed by atoms with E-state index in [2.05, 4.69) is 5.10 Å². The Bertz CT molecular complexity index is 1620. The summed E-state index contributed by atoms with van der Waals surface area (Å²) in [4.78, 5) is -0.145. The molecule has 166 valence electrons. The number of halogens is 3. The lowest BCUT2D eigenvalue weighted by molar-refractivity contribution is -0.141. The van der Waals surface area contributed by atoms with Crippen LogP contribution in [-0.4, -0.2) is 18.2 Å². The summed E-state index contributed by atoms with van der Waals surface area (Å²) in [5.41, 5.74) is -0.0183. The van der Waals surface area contributed by atoms with E-state index in [0.717, 1.165) is 32.3 Å². The number of primary sulfonamides is 1. The molecule has 5 aromatic rings. The van der Waals surface area contributed by atoms with Crippen LogP contribution in [0.1, 0.15) is 5.69 Å². The first-order valence-electron chi connectivity index (χ1n) is 9.84. The van der Waals surface area contributed by atoms with Gasteiger partial charge in [0.2, 0.25) is 10.0 Å². The second kappa shape index (κ2) is 7.43. The Balaban J connectivity index is 1.69. The van der Waals surface area contributed by atoms with Gasteiger partial charge in [-0.25, -0.2) is 18.2 Å². The molecule has 0 fully saturated rings. The second-order valence-corrected chi connectivity index (χ2v) is 9.15. The van der Waals surface area contributed by atoms with Crippen LogP contribution in [-0.2, 0) is 16.2 Å². The number of alkyl halides is 3. The zero-order chi connectivity index (χ0) is 23.4. The maximum absolute atomic E-state index is 13.5. The molecule has 0 aliphatic carbocycles. The molecule has 0 atom stereocenters. The van der Waals surface area contributed by atoms with Crippen molar-refractivity contribution < 1.29 is 21.6 Å². The van der Waals surface area contributed by atoms with Gasteiger partial charge in [0.05, 0.1) is 16.3 Å². The summed E-state index contributed by atoms with van der Waals surface area (Å²) in [6.07, 6.45) is -4.65. The van der Waals surface area contributed by atoms with Crippen LogP contribution in [0.25, 0.3) is 38.5 Å². The molecule has 0 amide bonds. The van der Waals surface area contributed by atoms with Crippen molar-refractivity contribution in [1.29, 1.82) is 0 Å². The highest BCUT2D eigenvalue weighted by atomic mass is 32.2. The first-order valence-corrected chi connectivity index (χ1v) is 11.4. The summed E-state index contributed by atoms with van der Waals surface area (Å²) >= 11 is 0. The summed E-state index contributed by atoms with van der Waals surface area (Å²) in [6.45, 7) is 0. The molecule has 0 radical (unpaired) electrons. The van der Waals surface area contributed by atoms with Crippen molar-refractivity contribution in [2.45, 2.75) is 11.1 Å². The smallest absolute Gasteiger partial charge is 0.233 e. The van der Waals surface area contributed by atoms with E-state index in [4.69, 9.17) is 5.14 Å². The lowest BCUT2D eigenvalue weighted by Crippen LogP contribution is -2.12. The van der Waals surface area contributed by atoms with Crippen LogP contribution in [0.5, 0.6) is 0 Å². The zero-order valence-corrected chi connectivity index (χ0v) is 17.7. The van der Waals surface area contributed by atoms with Gasteiger partial charge in [0.25, 0.3) is 0 Å². The highest BCUT2D eigenvalue weighted by molar-refractivity contribution is 7.89. The van der Waals surface area contributed by atoms with Crippen LogP contribution in [0, 0.1) is 0 Å². The van der Waals surface area contributed by atoms with Crippen LogP contribution in [0.3, 0.4) is 0 Å². The Labute approximate surface area is 186 Å². The van der Waals surface area contributed by atoms with Crippen molar-refractivity contribution in [2.75, 3.05) is 0 Å². The van der Waals surface area contributed by atoms with E-state index in [1.54, 1.807) is 6.07 Å². The molecular weight excluding hydrogens is 451 g/mol. The summed E-state index contributed by atoms with van der Waals surface area (Å²) in [6, 6.07) is 23.4. The van der Waals surface area contributed by atoms with Gasteiger partial charge in [0.1, 0.15) is 0 Å². The van der Waals surface area contributed by atoms with E-state index in [9.17, 15) is 21.6 Å². The summed E-state index contributed by atoms with van der Waals surface area (Å²) < 4.78 is 64.7. The van der Waals surface area contributed by atoms with E-state index in [1.807, 2.05) is 48.5 Å². The molecule has 33 heavy (non-hydrogen) atoms. The van der Waals surface area contributed by atoms with E-state index in [1.165, 1.54) is 24.3 Å². The minimum absolute atomic E-state index is 0.145. The fourth-order valence-electron chi connectivity index (χ4n) is 3.87. The number of benzene rings is 4. The Hall–Kier alpha value is -3.69. The maximum Gasteiger partial charge on any atom is 0.435 e. The Kier molecular flexibility index (Phi) is 4.77. The van der Waals surface area contributed by atoms with Crippen molar-refractivity contribution in [2.24, 2.45) is 5.14 Å². The van der Waals surface area contributed by atoms with Gasteiger partial charge >= 0.3 is 6.18 Å². The average molecular weight is 467 g/mol. The minimum atomic E-state index is -4.65. The molecule has 5 rings (SSSR count). The van der Waals surface area contributed by atoms with Crippen molar-refractivity contribution in [3.8, 4) is 16.9 Å². The van der Waals surface area contributed by atoms with E-state index < -0.39 is 21.9 Å². The third-order valence-electron chi connectivity index (χ3n) is 5.45. The van der Waals surface area contributed by atoms with E-state index >= 15 is 0 Å². The number of sulfonamides is 1. The lowest BCUT2D eigenvalue weighted by atomic mass is 9.99. The number of aromatic nitrogens is 2. The van der Waals surface area contributed by atoms with Crippen LogP contribution >= 0.6 is 0 Å². The molecule has 9 heteroatoms. The molecule has 1 aromatic heterocycles. The SMILES string of the molecule is NS(=O)(=O)c1ccc(-n2nc(C(F)(F)F)cc2-c2ccc3c(ccc4ccccc43)c2)cc1. The molecule has 0 aliphatic heterocycles. The van der Waals surface area contributed by atoms with Gasteiger partial charge < -0.3 is 0 Å². The number of fused-ring (bicyclic) bond motifs is 3. The molecule has 0 aliphatic rings. The fraction of sp³-hybridized carbons (Fsp3) is 0.0417. The molecule has 0 saturated heterocycles. The van der Waals surface area contributed by atoms with Gasteiger partial charge in [-0.3, -0.25) is 0 Å². The molecule has 2 N–H and O–H groups in total. The number of hydrogen-bond donors (Lipinski definition) is 1. The molecule has 1 heterocycles. The van der Waals surface area contributed by atoms with Crippen LogP contribution < -0.4 is 5.14 Å². The lowest BCUT2D eigenvalue weighted by Gasteiger charge is -2.10. The van der Waals surface area contributed by atoms with Crippen molar-refractivity contribution in [1.82, 2.24) is 9.78 Å². The Morgan fingerprint density at radius 2 is 1.45 bits per heavy atom. The third kappa shape index (κ3) is 3.85. The van der Waals surface area contributed by atoms with E-state index in [-0.39, 0.29) is 16.3 Å². The standard InChI is InChI=1S/C24H16F3N3O2S/c25-24(26,27)23-14-22(30(29-23)18-8-10-19(11-9-18)33(28,31)32)17-7-12-21-16(13-17)6-5-15-3-1-2-4-20(15)21/h1-14H,(H2,28,31,32). The summed E-state index contributed by atoms with van der Waals surface area (Å²) in [5.74, 6) is 0. The van der Waals surface area contributed by atoms with Crippen LogP contribution in [0.2, 0.25) is 0 Å². The maximum atomic E-state index is 13.5. The van der Waals surface area contributed by atoms with E-state index in [0.29, 0.717) is 5.56 Å². The number of hydrogen-bond acceptors (Lipinski definition) is 3. The topological polar surface area (TPSA) is 78.0 Å². The largest absolute Gasteiger partial charge is 0.435 e. The zero-order valence-electron chi connectivity index (χ0n) is 16.9. The summed E-state index contributed by atoms with van der Waals surface area (Å²) in [5, 5.41) is 12.8. The van der Waals surface area contributed by atoms with Crippen molar-refractivity contribution in [3.05, 3.63) is 90.6 Å². The van der Waals surface area contributed by atoms with Crippen LogP contribution in [0.4, 0.5) is 13.2 Å². The Morgan fingerprint density at radius 1 is 0.788 bits per heavy atom. The van der Waals surface area contributed by atoms with Gasteiger partial charge in [-0.05, 0) is 57.9 Å². The molecule has 0 bridgehead atoms. The molecule has 0 spiro atoms. The fourth-order valence-corrected chi connectivity index (χ4v) is 4.39. The van der Waals surface area contributed by atoms with Gasteiger partial charge in [0.15, 0.2) is 5.69 Å².